The highest BCUT2D eigenvalue weighted by Gasteiger charge is 2.51. The van der Waals surface area contributed by atoms with E-state index >= 15 is 4.39 Å². The molecule has 3 nitrogen and oxygen atoms in total. The van der Waals surface area contributed by atoms with Crippen LogP contribution in [0.4, 0.5) is 4.39 Å². The quantitative estimate of drug-likeness (QED) is 0.560. The Morgan fingerprint density at radius 1 is 1.08 bits per heavy atom. The van der Waals surface area contributed by atoms with E-state index in [0.717, 1.165) is 16.4 Å². The summed E-state index contributed by atoms with van der Waals surface area (Å²) in [6.07, 6.45) is 0.147. The molecule has 2 unspecified atom stereocenters. The predicted molar refractivity (Wildman–Crippen MR) is 95.1 cm³/mol. The highest BCUT2D eigenvalue weighted by molar-refractivity contribution is 6.69. The molecule has 1 fully saturated rings. The van der Waals surface area contributed by atoms with E-state index in [9.17, 15) is 0 Å². The van der Waals surface area contributed by atoms with Crippen molar-refractivity contribution in [3.63, 3.8) is 0 Å². The maximum atomic E-state index is 15.8. The van der Waals surface area contributed by atoms with Crippen LogP contribution in [-0.4, -0.2) is 19.3 Å². The second-order valence-electron chi connectivity index (χ2n) is 7.25. The van der Waals surface area contributed by atoms with Gasteiger partial charge >= 0.3 is 0 Å². The molecule has 1 aliphatic rings. The molecule has 5 heteroatoms. The molecule has 3 rings (SSSR count). The number of rotatable bonds is 5. The minimum absolute atomic E-state index is 0.238. The van der Waals surface area contributed by atoms with E-state index in [2.05, 4.69) is 0 Å². The molecular weight excluding hydrogens is 321 g/mol. The van der Waals surface area contributed by atoms with Crippen LogP contribution in [0.5, 0.6) is 0 Å². The molecule has 1 heterocycles. The third-order valence-electron chi connectivity index (χ3n) is 3.89. The van der Waals surface area contributed by atoms with Gasteiger partial charge in [0.05, 0.1) is 0 Å². The lowest BCUT2D eigenvalue weighted by atomic mass is 9.96. The number of halogens is 1. The summed E-state index contributed by atoms with van der Waals surface area (Å²) >= 11 is 0. The molecule has 0 N–H and O–H groups in total. The molecule has 0 saturated carbocycles. The Bertz CT molecular complexity index is 662. The van der Waals surface area contributed by atoms with E-state index in [1.165, 1.54) is 0 Å². The summed E-state index contributed by atoms with van der Waals surface area (Å²) in [5.41, 5.74) is 1.90. The van der Waals surface area contributed by atoms with Crippen LogP contribution in [0.1, 0.15) is 23.7 Å². The van der Waals surface area contributed by atoms with E-state index in [1.54, 1.807) is 0 Å². The normalized spacial score (nSPS) is 25.1. The molecule has 0 radical (unpaired) electrons. The minimum Gasteiger partial charge on any atom is -0.318 e. The van der Waals surface area contributed by atoms with Gasteiger partial charge < -0.3 is 4.53 Å². The van der Waals surface area contributed by atoms with Gasteiger partial charge in [-0.25, -0.2) is 4.39 Å². The van der Waals surface area contributed by atoms with Crippen molar-refractivity contribution in [3.05, 3.63) is 71.8 Å². The number of benzene rings is 2. The first-order valence-corrected chi connectivity index (χ1v) is 11.7. The smallest absolute Gasteiger partial charge is 0.217 e. The fourth-order valence-corrected chi connectivity index (χ4v) is 3.55. The molecular formula is C19H24FNO2Si. The van der Waals surface area contributed by atoms with E-state index in [-0.39, 0.29) is 18.9 Å². The first kappa shape index (κ1) is 17.3. The average molecular weight is 345 g/mol. The molecule has 0 bridgehead atoms. The zero-order valence-electron chi connectivity index (χ0n) is 14.4. The van der Waals surface area contributed by atoms with Crippen LogP contribution in [0.3, 0.4) is 0 Å². The van der Waals surface area contributed by atoms with Crippen molar-refractivity contribution in [2.24, 2.45) is 0 Å². The Morgan fingerprint density at radius 2 is 1.67 bits per heavy atom. The standard InChI is InChI=1S/C19H24FNO2Si/c1-24(2,3)23-21-19(20,14-16-10-6-4-7-11-16)15-18(22-21)17-12-8-5-9-13-17/h4-13,18H,14-15H2,1-3H3. The molecule has 2 aromatic carbocycles. The second-order valence-corrected chi connectivity index (χ2v) is 11.7. The summed E-state index contributed by atoms with van der Waals surface area (Å²) in [5.74, 6) is -1.68. The van der Waals surface area contributed by atoms with E-state index in [4.69, 9.17) is 9.36 Å². The summed E-state index contributed by atoms with van der Waals surface area (Å²) in [4.78, 5) is 5.88. The van der Waals surface area contributed by atoms with Crippen LogP contribution in [0.25, 0.3) is 0 Å². The van der Waals surface area contributed by atoms with Crippen molar-refractivity contribution >= 4 is 8.32 Å². The highest BCUT2D eigenvalue weighted by atomic mass is 28.4. The summed E-state index contributed by atoms with van der Waals surface area (Å²) < 4.78 is 21.7. The van der Waals surface area contributed by atoms with Crippen LogP contribution >= 0.6 is 0 Å². The molecule has 0 spiro atoms. The van der Waals surface area contributed by atoms with Crippen LogP contribution in [-0.2, 0) is 15.8 Å². The van der Waals surface area contributed by atoms with E-state index < -0.39 is 14.1 Å². The maximum absolute atomic E-state index is 15.8. The van der Waals surface area contributed by atoms with Gasteiger partial charge in [-0.2, -0.15) is 0 Å². The molecule has 24 heavy (non-hydrogen) atoms. The molecule has 0 aromatic heterocycles. The summed E-state index contributed by atoms with van der Waals surface area (Å²) in [5, 5.41) is 1.14. The zero-order valence-corrected chi connectivity index (χ0v) is 15.4. The number of hydrogen-bond acceptors (Lipinski definition) is 3. The van der Waals surface area contributed by atoms with Crippen molar-refractivity contribution in [1.29, 1.82) is 0 Å². The van der Waals surface area contributed by atoms with Crippen LogP contribution in [0, 0.1) is 0 Å². The van der Waals surface area contributed by atoms with Gasteiger partial charge in [0.2, 0.25) is 14.1 Å². The van der Waals surface area contributed by atoms with Crippen molar-refractivity contribution in [3.8, 4) is 0 Å². The number of nitrogens with zero attached hydrogens (tertiary/aromatic N) is 1. The minimum atomic E-state index is -2.00. The van der Waals surface area contributed by atoms with Gasteiger partial charge in [0, 0.05) is 12.8 Å². The van der Waals surface area contributed by atoms with Crippen molar-refractivity contribution in [2.75, 3.05) is 0 Å². The molecule has 1 saturated heterocycles. The fourth-order valence-electron chi connectivity index (χ4n) is 2.85. The number of hydrogen-bond donors (Lipinski definition) is 0. The summed E-state index contributed by atoms with van der Waals surface area (Å²) in [6.45, 7) is 6.07. The predicted octanol–water partition coefficient (Wildman–Crippen LogP) is 5.04. The molecule has 128 valence electrons. The number of alkyl halides is 1. The van der Waals surface area contributed by atoms with Gasteiger partial charge in [-0.1, -0.05) is 60.7 Å². The second kappa shape index (κ2) is 6.76. The van der Waals surface area contributed by atoms with Gasteiger partial charge in [0.25, 0.3) is 0 Å². The third-order valence-corrected chi connectivity index (χ3v) is 4.61. The Kier molecular flexibility index (Phi) is 4.87. The monoisotopic (exact) mass is 345 g/mol. The Balaban J connectivity index is 1.85. The fraction of sp³-hybridized carbons (Fsp3) is 0.368. The topological polar surface area (TPSA) is 21.7 Å². The van der Waals surface area contributed by atoms with Gasteiger partial charge in [-0.05, 0) is 36.0 Å². The Morgan fingerprint density at radius 3 is 2.25 bits per heavy atom. The van der Waals surface area contributed by atoms with Gasteiger partial charge in [0.1, 0.15) is 6.10 Å². The Labute approximate surface area is 144 Å². The Hall–Kier alpha value is -1.53. The van der Waals surface area contributed by atoms with Crippen molar-refractivity contribution in [2.45, 2.75) is 44.4 Å². The van der Waals surface area contributed by atoms with Crippen LogP contribution < -0.4 is 0 Å². The average Bonchev–Trinajstić information content (AvgIpc) is 2.84. The zero-order chi connectivity index (χ0) is 17.2. The molecule has 2 aromatic rings. The van der Waals surface area contributed by atoms with Gasteiger partial charge in [0.15, 0.2) is 0 Å². The van der Waals surface area contributed by atoms with E-state index in [0.29, 0.717) is 0 Å². The van der Waals surface area contributed by atoms with Crippen molar-refractivity contribution in [1.82, 2.24) is 5.23 Å². The molecule has 2 atom stereocenters. The number of hydroxylamine groups is 2. The maximum Gasteiger partial charge on any atom is 0.217 e. The van der Waals surface area contributed by atoms with Crippen LogP contribution in [0.15, 0.2) is 60.7 Å². The van der Waals surface area contributed by atoms with E-state index in [1.807, 2.05) is 80.3 Å². The summed E-state index contributed by atoms with van der Waals surface area (Å²) in [6, 6.07) is 19.4. The van der Waals surface area contributed by atoms with Gasteiger partial charge in [-0.3, -0.25) is 4.84 Å². The molecule has 0 amide bonds. The summed E-state index contributed by atoms with van der Waals surface area (Å²) in [7, 11) is -2.00. The largest absolute Gasteiger partial charge is 0.318 e. The molecule has 1 aliphatic heterocycles. The SMILES string of the molecule is C[Si](C)(C)ON1OC(c2ccccc2)CC1(F)Cc1ccccc1. The third kappa shape index (κ3) is 4.11. The lowest BCUT2D eigenvalue weighted by molar-refractivity contribution is -0.373. The van der Waals surface area contributed by atoms with Crippen molar-refractivity contribution < 1.29 is 13.8 Å². The van der Waals surface area contributed by atoms with Gasteiger partial charge in [-0.15, -0.1) is 0 Å². The lowest BCUT2D eigenvalue weighted by Crippen LogP contribution is -2.46. The first-order valence-electron chi connectivity index (χ1n) is 8.30. The molecule has 0 aliphatic carbocycles. The first-order chi connectivity index (χ1) is 11.4. The highest BCUT2D eigenvalue weighted by Crippen LogP contribution is 2.44. The lowest BCUT2D eigenvalue weighted by Gasteiger charge is -2.32. The van der Waals surface area contributed by atoms with Crippen LogP contribution in [0.2, 0.25) is 19.6 Å².